The third-order valence-electron chi connectivity index (χ3n) is 1.32. The molecule has 3 nitrogen and oxygen atoms in total. The summed E-state index contributed by atoms with van der Waals surface area (Å²) in [5, 5.41) is 0. The highest BCUT2D eigenvalue weighted by molar-refractivity contribution is 5.76. The molecule has 0 aliphatic rings. The first kappa shape index (κ1) is 9.81. The summed E-state index contributed by atoms with van der Waals surface area (Å²) in [5.41, 5.74) is 1.81. The van der Waals surface area contributed by atoms with Crippen molar-refractivity contribution in [2.75, 3.05) is 0 Å². The van der Waals surface area contributed by atoms with Crippen molar-refractivity contribution >= 4 is 6.29 Å². The third kappa shape index (κ3) is 2.93. The summed E-state index contributed by atoms with van der Waals surface area (Å²) in [6.45, 7) is 1.92. The molecule has 11 heavy (non-hydrogen) atoms. The van der Waals surface area contributed by atoms with E-state index in [0.29, 0.717) is 0 Å². The number of hydrogen-bond acceptors (Lipinski definition) is 3. The second-order valence-corrected chi connectivity index (χ2v) is 1.97. The van der Waals surface area contributed by atoms with E-state index in [-0.39, 0.29) is 0 Å². The van der Waals surface area contributed by atoms with Gasteiger partial charge in [-0.2, -0.15) is 0 Å². The van der Waals surface area contributed by atoms with Crippen LogP contribution < -0.4 is 11.7 Å². The molecule has 3 heteroatoms. The Labute approximate surface area is 66.0 Å². The number of aryl methyl sites for hydroxylation is 1. The fourth-order valence-electron chi connectivity index (χ4n) is 0.719. The number of carbonyl (C=O) groups excluding carboxylic acids is 1. The summed E-state index contributed by atoms with van der Waals surface area (Å²) in [6.07, 6.45) is 0.870. The molecule has 0 aliphatic heterocycles. The highest BCUT2D eigenvalue weighted by Gasteiger charge is 1.90. The Balaban J connectivity index is 0.000000461. The van der Waals surface area contributed by atoms with E-state index in [1.165, 1.54) is 0 Å². The maximum absolute atomic E-state index is 10.2. The maximum Gasteiger partial charge on any atom is 0.150 e. The molecule has 0 aromatic heterocycles. The number of benzene rings is 1. The van der Waals surface area contributed by atoms with Gasteiger partial charge in [-0.15, -0.1) is 0 Å². The summed E-state index contributed by atoms with van der Waals surface area (Å²) in [6, 6.07) is 7.51. The minimum atomic E-state index is 0.775. The highest BCUT2D eigenvalue weighted by Crippen LogP contribution is 2.02. The van der Waals surface area contributed by atoms with E-state index in [1.807, 2.05) is 31.2 Å². The lowest BCUT2D eigenvalue weighted by molar-refractivity contribution is 0.112. The number of rotatable bonds is 1. The van der Waals surface area contributed by atoms with E-state index in [9.17, 15) is 4.79 Å². The smallest absolute Gasteiger partial charge is 0.150 e. The zero-order chi connectivity index (χ0) is 8.69. The number of carbonyl (C=O) groups is 1. The molecule has 0 spiro atoms. The van der Waals surface area contributed by atoms with Gasteiger partial charge in [0.25, 0.3) is 0 Å². The monoisotopic (exact) mass is 152 g/mol. The predicted molar refractivity (Wildman–Crippen MR) is 44.9 cm³/mol. The maximum atomic E-state index is 10.2. The summed E-state index contributed by atoms with van der Waals surface area (Å²) < 4.78 is 0. The quantitative estimate of drug-likeness (QED) is 0.352. The first-order chi connectivity index (χ1) is 5.34. The molecule has 60 valence electrons. The van der Waals surface area contributed by atoms with Crippen LogP contribution in [0.25, 0.3) is 0 Å². The molecule has 0 atom stereocenters. The molecule has 1 aromatic rings. The Hall–Kier alpha value is -1.19. The zero-order valence-corrected chi connectivity index (χ0v) is 6.45. The van der Waals surface area contributed by atoms with E-state index in [4.69, 9.17) is 0 Å². The average molecular weight is 152 g/mol. The SMILES string of the molecule is Cc1ccccc1C=O.NN. The van der Waals surface area contributed by atoms with E-state index in [2.05, 4.69) is 11.7 Å². The molecule has 0 radical (unpaired) electrons. The van der Waals surface area contributed by atoms with Gasteiger partial charge in [-0.3, -0.25) is 16.5 Å². The molecule has 0 unspecified atom stereocenters. The summed E-state index contributed by atoms with van der Waals surface area (Å²) in [7, 11) is 0. The lowest BCUT2D eigenvalue weighted by Crippen LogP contribution is -2.02. The average Bonchev–Trinajstić information content (AvgIpc) is 2.09. The van der Waals surface area contributed by atoms with Gasteiger partial charge in [0, 0.05) is 5.56 Å². The van der Waals surface area contributed by atoms with Crippen LogP contribution in [0.15, 0.2) is 24.3 Å². The van der Waals surface area contributed by atoms with Gasteiger partial charge in [0.2, 0.25) is 0 Å². The molecule has 0 aliphatic carbocycles. The third-order valence-corrected chi connectivity index (χ3v) is 1.32. The molecule has 0 bridgehead atoms. The van der Waals surface area contributed by atoms with Crippen molar-refractivity contribution < 1.29 is 4.79 Å². The molecular weight excluding hydrogens is 140 g/mol. The standard InChI is InChI=1S/C8H8O.H4N2/c1-7-4-2-3-5-8(7)6-9;1-2/h2-6H,1H3;1-2H2. The van der Waals surface area contributed by atoms with Crippen molar-refractivity contribution in [1.82, 2.24) is 0 Å². The van der Waals surface area contributed by atoms with Crippen LogP contribution in [0.4, 0.5) is 0 Å². The Bertz CT molecular complexity index is 223. The van der Waals surface area contributed by atoms with Gasteiger partial charge in [0.05, 0.1) is 0 Å². The number of nitrogens with two attached hydrogens (primary N) is 2. The minimum absolute atomic E-state index is 0.775. The van der Waals surface area contributed by atoms with Crippen molar-refractivity contribution in [3.05, 3.63) is 35.4 Å². The van der Waals surface area contributed by atoms with E-state index in [0.717, 1.165) is 17.4 Å². The Morgan fingerprint density at radius 3 is 2.18 bits per heavy atom. The minimum Gasteiger partial charge on any atom is -0.298 e. The van der Waals surface area contributed by atoms with E-state index < -0.39 is 0 Å². The summed E-state index contributed by atoms with van der Waals surface area (Å²) in [5.74, 6) is 8.00. The number of hydrogen-bond donors (Lipinski definition) is 2. The lowest BCUT2D eigenvalue weighted by Gasteiger charge is -1.92. The zero-order valence-electron chi connectivity index (χ0n) is 6.45. The van der Waals surface area contributed by atoms with E-state index >= 15 is 0 Å². The first-order valence-electron chi connectivity index (χ1n) is 3.19. The van der Waals surface area contributed by atoms with Crippen molar-refractivity contribution in [2.24, 2.45) is 11.7 Å². The Kier molecular flexibility index (Phi) is 4.98. The van der Waals surface area contributed by atoms with Crippen LogP contribution >= 0.6 is 0 Å². The molecule has 0 heterocycles. The normalized spacial score (nSPS) is 7.91. The van der Waals surface area contributed by atoms with Crippen LogP contribution in [0, 0.1) is 6.92 Å². The van der Waals surface area contributed by atoms with Gasteiger partial charge < -0.3 is 0 Å². The van der Waals surface area contributed by atoms with Crippen LogP contribution in [-0.2, 0) is 0 Å². The van der Waals surface area contributed by atoms with Crippen LogP contribution in [-0.4, -0.2) is 6.29 Å². The van der Waals surface area contributed by atoms with Gasteiger partial charge in [-0.05, 0) is 12.5 Å². The van der Waals surface area contributed by atoms with Crippen molar-refractivity contribution in [3.63, 3.8) is 0 Å². The van der Waals surface area contributed by atoms with Gasteiger partial charge >= 0.3 is 0 Å². The number of hydrazine groups is 1. The molecule has 0 saturated heterocycles. The fraction of sp³-hybridized carbons (Fsp3) is 0.125. The largest absolute Gasteiger partial charge is 0.298 e. The molecule has 1 rings (SSSR count). The molecule has 0 fully saturated rings. The van der Waals surface area contributed by atoms with Crippen molar-refractivity contribution in [1.29, 1.82) is 0 Å². The predicted octanol–water partition coefficient (Wildman–Crippen LogP) is 0.626. The van der Waals surface area contributed by atoms with Crippen LogP contribution in [0.2, 0.25) is 0 Å². The second-order valence-electron chi connectivity index (χ2n) is 1.97. The molecular formula is C8H12N2O. The first-order valence-corrected chi connectivity index (χ1v) is 3.19. The molecule has 1 aromatic carbocycles. The van der Waals surface area contributed by atoms with Crippen LogP contribution in [0.1, 0.15) is 15.9 Å². The summed E-state index contributed by atoms with van der Waals surface area (Å²) in [4.78, 5) is 10.2. The topological polar surface area (TPSA) is 69.1 Å². The molecule has 4 N–H and O–H groups in total. The van der Waals surface area contributed by atoms with Gasteiger partial charge in [-0.1, -0.05) is 24.3 Å². The Morgan fingerprint density at radius 2 is 1.82 bits per heavy atom. The van der Waals surface area contributed by atoms with Crippen molar-refractivity contribution in [3.8, 4) is 0 Å². The molecule has 0 amide bonds. The van der Waals surface area contributed by atoms with Crippen molar-refractivity contribution in [2.45, 2.75) is 6.92 Å². The van der Waals surface area contributed by atoms with Crippen LogP contribution in [0.5, 0.6) is 0 Å². The van der Waals surface area contributed by atoms with Gasteiger partial charge in [-0.25, -0.2) is 0 Å². The lowest BCUT2D eigenvalue weighted by atomic mass is 10.1. The molecule has 0 saturated carbocycles. The number of aldehydes is 1. The van der Waals surface area contributed by atoms with Gasteiger partial charge in [0.1, 0.15) is 6.29 Å². The van der Waals surface area contributed by atoms with E-state index in [1.54, 1.807) is 0 Å². The fourth-order valence-corrected chi connectivity index (χ4v) is 0.719. The second kappa shape index (κ2) is 5.58. The van der Waals surface area contributed by atoms with Gasteiger partial charge in [0.15, 0.2) is 0 Å². The Morgan fingerprint density at radius 1 is 1.27 bits per heavy atom. The highest BCUT2D eigenvalue weighted by atomic mass is 16.1. The van der Waals surface area contributed by atoms with Crippen LogP contribution in [0.3, 0.4) is 0 Å². The summed E-state index contributed by atoms with van der Waals surface area (Å²) >= 11 is 0.